The molecule has 18 heavy (non-hydrogen) atoms. The molecule has 1 aromatic carbocycles. The molecule has 2 rings (SSSR count). The number of aromatic carboxylic acids is 1. The van der Waals surface area contributed by atoms with Crippen LogP contribution in [0.15, 0.2) is 34.5 Å². The smallest absolute Gasteiger partial charge is 0.346 e. The Morgan fingerprint density at radius 2 is 2.11 bits per heavy atom. The SMILES string of the molecule is Cc1ccc(C)c(SCc2ccsc2C(=O)O)c1. The van der Waals surface area contributed by atoms with Crippen LogP contribution in [0, 0.1) is 13.8 Å². The first-order valence-corrected chi connectivity index (χ1v) is 7.44. The normalized spacial score (nSPS) is 10.6. The van der Waals surface area contributed by atoms with E-state index in [4.69, 9.17) is 5.11 Å². The third-order valence-electron chi connectivity index (χ3n) is 2.67. The summed E-state index contributed by atoms with van der Waals surface area (Å²) in [5.74, 6) is -0.128. The highest BCUT2D eigenvalue weighted by atomic mass is 32.2. The minimum Gasteiger partial charge on any atom is -0.477 e. The van der Waals surface area contributed by atoms with Gasteiger partial charge in [-0.3, -0.25) is 0 Å². The number of carboxylic acid groups (broad SMARTS) is 1. The molecule has 1 heterocycles. The number of thioether (sulfide) groups is 1. The van der Waals surface area contributed by atoms with Gasteiger partial charge in [0.15, 0.2) is 0 Å². The third-order valence-corrected chi connectivity index (χ3v) is 4.82. The van der Waals surface area contributed by atoms with Gasteiger partial charge in [-0.25, -0.2) is 4.79 Å². The molecule has 0 radical (unpaired) electrons. The highest BCUT2D eigenvalue weighted by Gasteiger charge is 2.12. The van der Waals surface area contributed by atoms with Gasteiger partial charge in [0.1, 0.15) is 4.88 Å². The van der Waals surface area contributed by atoms with Crippen molar-refractivity contribution in [3.8, 4) is 0 Å². The number of rotatable bonds is 4. The lowest BCUT2D eigenvalue weighted by atomic mass is 10.2. The molecule has 0 aliphatic carbocycles. The molecule has 1 aromatic heterocycles. The Balaban J connectivity index is 2.14. The van der Waals surface area contributed by atoms with Crippen LogP contribution in [0.2, 0.25) is 0 Å². The van der Waals surface area contributed by atoms with Gasteiger partial charge in [0.25, 0.3) is 0 Å². The number of carboxylic acids is 1. The van der Waals surface area contributed by atoms with Crippen LogP contribution in [-0.2, 0) is 5.75 Å². The Morgan fingerprint density at radius 3 is 2.83 bits per heavy atom. The number of thiophene rings is 1. The van der Waals surface area contributed by atoms with Gasteiger partial charge < -0.3 is 5.11 Å². The number of carbonyl (C=O) groups is 1. The number of aryl methyl sites for hydroxylation is 2. The number of benzene rings is 1. The highest BCUT2D eigenvalue weighted by molar-refractivity contribution is 7.98. The highest BCUT2D eigenvalue weighted by Crippen LogP contribution is 2.29. The van der Waals surface area contributed by atoms with Crippen molar-refractivity contribution >= 4 is 29.1 Å². The summed E-state index contributed by atoms with van der Waals surface area (Å²) in [6.07, 6.45) is 0. The largest absolute Gasteiger partial charge is 0.477 e. The zero-order chi connectivity index (χ0) is 13.1. The topological polar surface area (TPSA) is 37.3 Å². The summed E-state index contributed by atoms with van der Waals surface area (Å²) in [6, 6.07) is 8.23. The Hall–Kier alpha value is -1.26. The van der Waals surface area contributed by atoms with Crippen molar-refractivity contribution < 1.29 is 9.90 Å². The first-order valence-electron chi connectivity index (χ1n) is 5.57. The number of hydrogen-bond donors (Lipinski definition) is 1. The van der Waals surface area contributed by atoms with Gasteiger partial charge in [0.05, 0.1) is 0 Å². The molecule has 0 spiro atoms. The molecule has 0 unspecified atom stereocenters. The van der Waals surface area contributed by atoms with E-state index in [1.807, 2.05) is 11.4 Å². The van der Waals surface area contributed by atoms with Crippen LogP contribution in [-0.4, -0.2) is 11.1 Å². The van der Waals surface area contributed by atoms with Gasteiger partial charge in [0.2, 0.25) is 0 Å². The van der Waals surface area contributed by atoms with Crippen molar-refractivity contribution in [3.05, 3.63) is 51.2 Å². The summed E-state index contributed by atoms with van der Waals surface area (Å²) < 4.78 is 0. The zero-order valence-electron chi connectivity index (χ0n) is 10.3. The van der Waals surface area contributed by atoms with Gasteiger partial charge in [-0.1, -0.05) is 17.7 Å². The standard InChI is InChI=1S/C14H14O2S2/c1-9-3-4-10(2)12(7-9)18-8-11-5-6-17-13(11)14(15)16/h3-7H,8H2,1-2H3,(H,15,16). The molecule has 2 nitrogen and oxygen atoms in total. The molecule has 0 aliphatic heterocycles. The van der Waals surface area contributed by atoms with E-state index in [1.165, 1.54) is 27.4 Å². The maximum atomic E-state index is 11.0. The van der Waals surface area contributed by atoms with Crippen LogP contribution in [0.5, 0.6) is 0 Å². The first-order chi connectivity index (χ1) is 8.58. The average Bonchev–Trinajstić information content (AvgIpc) is 2.79. The van der Waals surface area contributed by atoms with E-state index >= 15 is 0 Å². The second-order valence-electron chi connectivity index (χ2n) is 4.14. The molecular formula is C14H14O2S2. The lowest BCUT2D eigenvalue weighted by Crippen LogP contribution is -1.96. The summed E-state index contributed by atoms with van der Waals surface area (Å²) in [7, 11) is 0. The molecular weight excluding hydrogens is 264 g/mol. The fraction of sp³-hybridized carbons (Fsp3) is 0.214. The maximum absolute atomic E-state index is 11.0. The fourth-order valence-electron chi connectivity index (χ4n) is 1.66. The quantitative estimate of drug-likeness (QED) is 0.845. The van der Waals surface area contributed by atoms with Gasteiger partial charge in [-0.2, -0.15) is 0 Å². The monoisotopic (exact) mass is 278 g/mol. The van der Waals surface area contributed by atoms with E-state index in [-0.39, 0.29) is 0 Å². The minimum atomic E-state index is -0.832. The van der Waals surface area contributed by atoms with E-state index in [2.05, 4.69) is 32.0 Å². The molecule has 0 saturated heterocycles. The molecule has 94 valence electrons. The van der Waals surface area contributed by atoms with Gasteiger partial charge in [0, 0.05) is 10.6 Å². The van der Waals surface area contributed by atoms with Crippen molar-refractivity contribution in [1.29, 1.82) is 0 Å². The van der Waals surface area contributed by atoms with Gasteiger partial charge in [-0.15, -0.1) is 23.1 Å². The summed E-state index contributed by atoms with van der Waals surface area (Å²) in [4.78, 5) is 12.7. The molecule has 2 aromatic rings. The molecule has 0 fully saturated rings. The molecule has 0 saturated carbocycles. The van der Waals surface area contributed by atoms with Crippen LogP contribution in [0.1, 0.15) is 26.4 Å². The second-order valence-corrected chi connectivity index (χ2v) is 6.07. The van der Waals surface area contributed by atoms with Crippen LogP contribution >= 0.6 is 23.1 Å². The molecule has 0 atom stereocenters. The van der Waals surface area contributed by atoms with E-state index in [1.54, 1.807) is 11.8 Å². The van der Waals surface area contributed by atoms with Crippen molar-refractivity contribution in [3.63, 3.8) is 0 Å². The molecule has 0 amide bonds. The van der Waals surface area contributed by atoms with Crippen molar-refractivity contribution in [2.45, 2.75) is 24.5 Å². The predicted molar refractivity (Wildman–Crippen MR) is 76.8 cm³/mol. The maximum Gasteiger partial charge on any atom is 0.346 e. The number of hydrogen-bond acceptors (Lipinski definition) is 3. The third kappa shape index (κ3) is 2.94. The van der Waals surface area contributed by atoms with Crippen LogP contribution < -0.4 is 0 Å². The molecule has 1 N–H and O–H groups in total. The van der Waals surface area contributed by atoms with Crippen LogP contribution in [0.25, 0.3) is 0 Å². The summed E-state index contributed by atoms with van der Waals surface area (Å²) in [5.41, 5.74) is 3.36. The molecule has 4 heteroatoms. The summed E-state index contributed by atoms with van der Waals surface area (Å²) >= 11 is 2.98. The predicted octanol–water partition coefficient (Wildman–Crippen LogP) is 4.36. The van der Waals surface area contributed by atoms with E-state index in [9.17, 15) is 4.79 Å². The van der Waals surface area contributed by atoms with Crippen LogP contribution in [0.3, 0.4) is 0 Å². The van der Waals surface area contributed by atoms with Gasteiger partial charge >= 0.3 is 5.97 Å². The van der Waals surface area contributed by atoms with E-state index < -0.39 is 5.97 Å². The second kappa shape index (κ2) is 5.59. The minimum absolute atomic E-state index is 0.452. The van der Waals surface area contributed by atoms with Crippen molar-refractivity contribution in [1.82, 2.24) is 0 Å². The Morgan fingerprint density at radius 1 is 1.33 bits per heavy atom. The molecule has 0 bridgehead atoms. The average molecular weight is 278 g/mol. The Bertz CT molecular complexity index is 573. The summed E-state index contributed by atoms with van der Waals surface area (Å²) in [6.45, 7) is 4.14. The fourth-order valence-corrected chi connectivity index (χ4v) is 3.62. The molecule has 0 aliphatic rings. The van der Waals surface area contributed by atoms with E-state index in [0.717, 1.165) is 5.56 Å². The van der Waals surface area contributed by atoms with Crippen molar-refractivity contribution in [2.24, 2.45) is 0 Å². The Labute approximate surface area is 115 Å². The van der Waals surface area contributed by atoms with Crippen LogP contribution in [0.4, 0.5) is 0 Å². The van der Waals surface area contributed by atoms with Crippen molar-refractivity contribution in [2.75, 3.05) is 0 Å². The van der Waals surface area contributed by atoms with E-state index in [0.29, 0.717) is 10.6 Å². The zero-order valence-corrected chi connectivity index (χ0v) is 11.9. The summed E-state index contributed by atoms with van der Waals surface area (Å²) in [5, 5.41) is 10.9. The van der Waals surface area contributed by atoms with Gasteiger partial charge in [-0.05, 0) is 42.5 Å². The lowest BCUT2D eigenvalue weighted by Gasteiger charge is -2.06. The lowest BCUT2D eigenvalue weighted by molar-refractivity contribution is 0.0701. The first kappa shape index (κ1) is 13.2. The Kier molecular flexibility index (Phi) is 4.09.